The largest absolute Gasteiger partial charge is 0.497 e. The molecule has 21 heavy (non-hydrogen) atoms. The topological polar surface area (TPSA) is 42.4 Å². The average Bonchev–Trinajstić information content (AvgIpc) is 2.54. The molecule has 1 aromatic heterocycles. The van der Waals surface area contributed by atoms with E-state index in [1.54, 1.807) is 14.0 Å². The third-order valence-electron chi connectivity index (χ3n) is 3.73. The van der Waals surface area contributed by atoms with E-state index in [1.165, 1.54) is 0 Å². The molecule has 0 amide bonds. The minimum Gasteiger partial charge on any atom is -0.497 e. The Labute approximate surface area is 123 Å². The highest BCUT2D eigenvalue weighted by Crippen LogP contribution is 2.29. The molecular formula is C18H17NO2. The third-order valence-corrected chi connectivity index (χ3v) is 3.73. The van der Waals surface area contributed by atoms with E-state index >= 15 is 0 Å². The van der Waals surface area contributed by atoms with Crippen LogP contribution in [0.2, 0.25) is 0 Å². The van der Waals surface area contributed by atoms with Crippen molar-refractivity contribution in [3.05, 3.63) is 71.9 Å². The Morgan fingerprint density at radius 2 is 1.76 bits per heavy atom. The monoisotopic (exact) mass is 279 g/mol. The number of rotatable bonds is 3. The van der Waals surface area contributed by atoms with Gasteiger partial charge in [-0.3, -0.25) is 0 Å². The molecule has 0 fully saturated rings. The molecule has 3 heteroatoms. The smallest absolute Gasteiger partial charge is 0.129 e. The Morgan fingerprint density at radius 3 is 2.48 bits per heavy atom. The predicted molar refractivity (Wildman–Crippen MR) is 83.4 cm³/mol. The number of methoxy groups -OCH3 is 1. The molecule has 1 heterocycles. The van der Waals surface area contributed by atoms with Gasteiger partial charge in [-0.1, -0.05) is 36.4 Å². The van der Waals surface area contributed by atoms with E-state index in [1.807, 2.05) is 60.7 Å². The molecule has 3 rings (SSSR count). The fourth-order valence-electron chi connectivity index (χ4n) is 2.41. The van der Waals surface area contributed by atoms with E-state index in [4.69, 9.17) is 4.74 Å². The van der Waals surface area contributed by atoms with Crippen LogP contribution in [0.3, 0.4) is 0 Å². The van der Waals surface area contributed by atoms with Crippen molar-refractivity contribution in [2.45, 2.75) is 12.5 Å². The SMILES string of the molecule is COc1ccc2nc([C@](C)(O)c3ccccc3)ccc2c1. The number of benzene rings is 2. The van der Waals surface area contributed by atoms with Gasteiger partial charge in [-0.25, -0.2) is 4.98 Å². The standard InChI is InChI=1S/C18H17NO2/c1-18(20,14-6-4-3-5-7-14)17-11-8-13-12-15(21-2)9-10-16(13)19-17/h3-12,20H,1-2H3/t18-/m1/s1. The van der Waals surface area contributed by atoms with Gasteiger partial charge in [0.2, 0.25) is 0 Å². The second-order valence-corrected chi connectivity index (χ2v) is 5.19. The van der Waals surface area contributed by atoms with Crippen LogP contribution in [0.1, 0.15) is 18.2 Å². The molecule has 0 unspecified atom stereocenters. The summed E-state index contributed by atoms with van der Waals surface area (Å²) in [6.45, 7) is 1.76. The van der Waals surface area contributed by atoms with Crippen LogP contribution < -0.4 is 4.74 Å². The summed E-state index contributed by atoms with van der Waals surface area (Å²) >= 11 is 0. The van der Waals surface area contributed by atoms with E-state index < -0.39 is 5.60 Å². The van der Waals surface area contributed by atoms with Crippen molar-refractivity contribution in [3.8, 4) is 5.75 Å². The van der Waals surface area contributed by atoms with Crippen molar-refractivity contribution >= 4 is 10.9 Å². The summed E-state index contributed by atoms with van der Waals surface area (Å²) in [6.07, 6.45) is 0. The second kappa shape index (κ2) is 5.19. The summed E-state index contributed by atoms with van der Waals surface area (Å²) in [4.78, 5) is 4.59. The molecular weight excluding hydrogens is 262 g/mol. The summed E-state index contributed by atoms with van der Waals surface area (Å²) in [7, 11) is 1.64. The highest BCUT2D eigenvalue weighted by Gasteiger charge is 2.27. The number of pyridine rings is 1. The van der Waals surface area contributed by atoms with Gasteiger partial charge in [-0.15, -0.1) is 0 Å². The van der Waals surface area contributed by atoms with Crippen molar-refractivity contribution in [3.63, 3.8) is 0 Å². The second-order valence-electron chi connectivity index (χ2n) is 5.19. The fourth-order valence-corrected chi connectivity index (χ4v) is 2.41. The summed E-state index contributed by atoms with van der Waals surface area (Å²) in [5, 5.41) is 11.8. The average molecular weight is 279 g/mol. The van der Waals surface area contributed by atoms with Crippen LogP contribution >= 0.6 is 0 Å². The van der Waals surface area contributed by atoms with Gasteiger partial charge in [0.1, 0.15) is 11.4 Å². The van der Waals surface area contributed by atoms with Gasteiger partial charge in [-0.05, 0) is 36.8 Å². The molecule has 1 atom stereocenters. The molecule has 0 saturated carbocycles. The van der Waals surface area contributed by atoms with Gasteiger partial charge in [0.25, 0.3) is 0 Å². The lowest BCUT2D eigenvalue weighted by molar-refractivity contribution is 0.0978. The first kappa shape index (κ1) is 13.6. The fraction of sp³-hybridized carbons (Fsp3) is 0.167. The third kappa shape index (κ3) is 2.48. The molecule has 0 bridgehead atoms. The molecule has 0 radical (unpaired) electrons. The molecule has 0 saturated heterocycles. The summed E-state index contributed by atoms with van der Waals surface area (Å²) in [5.41, 5.74) is 1.18. The number of nitrogens with zero attached hydrogens (tertiary/aromatic N) is 1. The minimum atomic E-state index is -1.12. The lowest BCUT2D eigenvalue weighted by Crippen LogP contribution is -2.24. The summed E-state index contributed by atoms with van der Waals surface area (Å²) < 4.78 is 5.21. The Kier molecular flexibility index (Phi) is 3.35. The maximum absolute atomic E-state index is 10.8. The van der Waals surface area contributed by atoms with E-state index in [9.17, 15) is 5.11 Å². The molecule has 1 N–H and O–H groups in total. The van der Waals surface area contributed by atoms with E-state index in [-0.39, 0.29) is 0 Å². The van der Waals surface area contributed by atoms with Crippen LogP contribution in [0.5, 0.6) is 5.75 Å². The van der Waals surface area contributed by atoms with Gasteiger partial charge in [0.15, 0.2) is 0 Å². The highest BCUT2D eigenvalue weighted by atomic mass is 16.5. The molecule has 0 spiro atoms. The van der Waals surface area contributed by atoms with Crippen molar-refractivity contribution in [2.24, 2.45) is 0 Å². The first-order valence-electron chi connectivity index (χ1n) is 6.84. The predicted octanol–water partition coefficient (Wildman–Crippen LogP) is 3.50. The first-order valence-corrected chi connectivity index (χ1v) is 6.84. The minimum absolute atomic E-state index is 0.631. The van der Waals surface area contributed by atoms with Gasteiger partial charge in [0.05, 0.1) is 18.3 Å². The normalized spacial score (nSPS) is 13.9. The summed E-state index contributed by atoms with van der Waals surface area (Å²) in [5.74, 6) is 0.798. The van der Waals surface area contributed by atoms with Crippen LogP contribution in [0.15, 0.2) is 60.7 Å². The van der Waals surface area contributed by atoms with Gasteiger partial charge in [-0.2, -0.15) is 0 Å². The van der Waals surface area contributed by atoms with Gasteiger partial charge < -0.3 is 9.84 Å². The zero-order chi connectivity index (χ0) is 14.9. The highest BCUT2D eigenvalue weighted by molar-refractivity contribution is 5.80. The number of aliphatic hydroxyl groups is 1. The molecule has 106 valence electrons. The summed E-state index contributed by atoms with van der Waals surface area (Å²) in [6, 6.07) is 19.1. The van der Waals surface area contributed by atoms with Crippen LogP contribution in [0, 0.1) is 0 Å². The Hall–Kier alpha value is -2.39. The maximum atomic E-state index is 10.8. The van der Waals surface area contributed by atoms with Gasteiger partial charge in [0, 0.05) is 5.39 Å². The maximum Gasteiger partial charge on any atom is 0.129 e. The van der Waals surface area contributed by atoms with Crippen molar-refractivity contribution in [1.82, 2.24) is 4.98 Å². The number of fused-ring (bicyclic) bond motifs is 1. The number of aromatic nitrogens is 1. The molecule has 0 aliphatic rings. The van der Waals surface area contributed by atoms with Gasteiger partial charge >= 0.3 is 0 Å². The first-order chi connectivity index (χ1) is 10.1. The molecule has 3 nitrogen and oxygen atoms in total. The van der Waals surface area contributed by atoms with Crippen LogP contribution in [0.4, 0.5) is 0 Å². The molecule has 2 aromatic carbocycles. The molecule has 0 aliphatic heterocycles. The zero-order valence-electron chi connectivity index (χ0n) is 12.1. The Balaban J connectivity index is 2.08. The Bertz CT molecular complexity index is 767. The number of hydrogen-bond acceptors (Lipinski definition) is 3. The zero-order valence-corrected chi connectivity index (χ0v) is 12.1. The van der Waals surface area contributed by atoms with Crippen LogP contribution in [-0.2, 0) is 5.60 Å². The lowest BCUT2D eigenvalue weighted by atomic mass is 9.92. The lowest BCUT2D eigenvalue weighted by Gasteiger charge is -2.23. The van der Waals surface area contributed by atoms with Crippen molar-refractivity contribution in [1.29, 1.82) is 0 Å². The van der Waals surface area contributed by atoms with Crippen molar-refractivity contribution < 1.29 is 9.84 Å². The van der Waals surface area contributed by atoms with E-state index in [0.29, 0.717) is 5.69 Å². The number of hydrogen-bond donors (Lipinski definition) is 1. The van der Waals surface area contributed by atoms with Crippen LogP contribution in [-0.4, -0.2) is 17.2 Å². The van der Waals surface area contributed by atoms with Crippen molar-refractivity contribution in [2.75, 3.05) is 7.11 Å². The van der Waals surface area contributed by atoms with Crippen LogP contribution in [0.25, 0.3) is 10.9 Å². The molecule has 0 aliphatic carbocycles. The van der Waals surface area contributed by atoms with E-state index in [2.05, 4.69) is 4.98 Å². The quantitative estimate of drug-likeness (QED) is 0.798. The van der Waals surface area contributed by atoms with E-state index in [0.717, 1.165) is 22.2 Å². The Morgan fingerprint density at radius 1 is 1.00 bits per heavy atom. The molecule has 3 aromatic rings. The number of ether oxygens (including phenoxy) is 1.